The van der Waals surface area contributed by atoms with Crippen LogP contribution in [0.3, 0.4) is 0 Å². The number of carbonyl (C=O) groups excluding carboxylic acids is 1. The Labute approximate surface area is 176 Å². The smallest absolute Gasteiger partial charge is 0.266 e. The highest BCUT2D eigenvalue weighted by Gasteiger charge is 2.27. The molecule has 1 saturated heterocycles. The van der Waals surface area contributed by atoms with Gasteiger partial charge in [-0.2, -0.15) is 10.2 Å². The Morgan fingerprint density at radius 1 is 1.21 bits per heavy atom. The molecule has 0 N–H and O–H groups in total. The van der Waals surface area contributed by atoms with E-state index < -0.39 is 0 Å². The molecule has 0 atom stereocenters. The Kier molecular flexibility index (Phi) is 5.79. The van der Waals surface area contributed by atoms with Crippen molar-refractivity contribution >= 4 is 35.2 Å². The van der Waals surface area contributed by atoms with Gasteiger partial charge in [-0.1, -0.05) is 11.6 Å². The van der Waals surface area contributed by atoms with Crippen molar-refractivity contribution in [1.82, 2.24) is 9.88 Å². The molecule has 3 aromatic rings. The fraction of sp³-hybridized carbons (Fsp3) is 0.250. The molecule has 0 spiro atoms. The summed E-state index contributed by atoms with van der Waals surface area (Å²) >= 11 is 7.38. The number of oxazole rings is 1. The van der Waals surface area contributed by atoms with Crippen LogP contribution in [0.25, 0.3) is 11.7 Å². The van der Waals surface area contributed by atoms with E-state index in [-0.39, 0.29) is 17.5 Å². The van der Waals surface area contributed by atoms with E-state index in [4.69, 9.17) is 20.4 Å². The fourth-order valence-electron chi connectivity index (χ4n) is 3.03. The highest BCUT2D eigenvalue weighted by atomic mass is 35.5. The van der Waals surface area contributed by atoms with Crippen LogP contribution in [0.2, 0.25) is 5.02 Å². The molecule has 7 nitrogen and oxygen atoms in total. The fourth-order valence-corrected chi connectivity index (χ4v) is 3.96. The average molecular weight is 429 g/mol. The summed E-state index contributed by atoms with van der Waals surface area (Å²) in [6.07, 6.45) is 1.53. The monoisotopic (exact) mass is 428 g/mol. The molecule has 1 aliphatic heterocycles. The van der Waals surface area contributed by atoms with Crippen LogP contribution in [0.1, 0.15) is 5.69 Å². The molecule has 1 amide bonds. The molecule has 0 unspecified atom stereocenters. The summed E-state index contributed by atoms with van der Waals surface area (Å²) in [6.45, 7) is 2.25. The summed E-state index contributed by atoms with van der Waals surface area (Å²) in [6, 6.07) is 13.0. The molecule has 0 aliphatic carbocycles. The number of thioether (sulfide) groups is 1. The minimum atomic E-state index is 0.0824. The summed E-state index contributed by atoms with van der Waals surface area (Å²) in [7, 11) is 0. The van der Waals surface area contributed by atoms with Gasteiger partial charge in [0.15, 0.2) is 5.76 Å². The lowest BCUT2D eigenvalue weighted by Crippen LogP contribution is -2.49. The van der Waals surface area contributed by atoms with Gasteiger partial charge in [-0.15, -0.1) is 11.8 Å². The van der Waals surface area contributed by atoms with Crippen molar-refractivity contribution < 1.29 is 13.6 Å². The van der Waals surface area contributed by atoms with E-state index in [9.17, 15) is 10.1 Å². The van der Waals surface area contributed by atoms with Crippen LogP contribution < -0.4 is 4.90 Å². The number of halogens is 1. The Balaban J connectivity index is 1.35. The quantitative estimate of drug-likeness (QED) is 0.569. The van der Waals surface area contributed by atoms with Crippen molar-refractivity contribution in [1.29, 1.82) is 5.26 Å². The number of amides is 1. The van der Waals surface area contributed by atoms with Crippen LogP contribution in [0.4, 0.5) is 5.88 Å². The Hall–Kier alpha value is -2.89. The van der Waals surface area contributed by atoms with Gasteiger partial charge in [-0.05, 0) is 36.4 Å². The molecule has 148 valence electrons. The van der Waals surface area contributed by atoms with Gasteiger partial charge in [0.25, 0.3) is 5.89 Å². The number of nitriles is 1. The summed E-state index contributed by atoms with van der Waals surface area (Å²) in [5.74, 6) is 1.62. The number of nitrogens with zero attached hydrogens (tertiary/aromatic N) is 4. The zero-order valence-corrected chi connectivity index (χ0v) is 16.9. The number of furan rings is 1. The van der Waals surface area contributed by atoms with E-state index in [1.54, 1.807) is 12.1 Å². The van der Waals surface area contributed by atoms with E-state index in [0.717, 1.165) is 4.90 Å². The number of carbonyl (C=O) groups is 1. The molecule has 1 fully saturated rings. The van der Waals surface area contributed by atoms with Crippen LogP contribution in [-0.2, 0) is 4.79 Å². The van der Waals surface area contributed by atoms with E-state index in [1.807, 2.05) is 34.1 Å². The SMILES string of the molecule is N#Cc1nc(-c2ccco2)oc1N1CCN(C(=O)CSc2ccc(Cl)cc2)CC1. The Morgan fingerprint density at radius 3 is 2.62 bits per heavy atom. The van der Waals surface area contributed by atoms with Crippen molar-refractivity contribution in [3.05, 3.63) is 53.4 Å². The number of benzene rings is 1. The predicted molar refractivity (Wildman–Crippen MR) is 110 cm³/mol. The molecule has 4 rings (SSSR count). The van der Waals surface area contributed by atoms with E-state index in [0.29, 0.717) is 48.6 Å². The van der Waals surface area contributed by atoms with Crippen molar-refractivity contribution in [2.75, 3.05) is 36.8 Å². The summed E-state index contributed by atoms with van der Waals surface area (Å²) in [4.78, 5) is 21.5. The second-order valence-electron chi connectivity index (χ2n) is 6.37. The highest BCUT2D eigenvalue weighted by Crippen LogP contribution is 2.29. The van der Waals surface area contributed by atoms with Gasteiger partial charge in [0, 0.05) is 36.1 Å². The normalized spacial score (nSPS) is 14.1. The largest absolute Gasteiger partial charge is 0.459 e. The molecular formula is C20H17ClN4O3S. The van der Waals surface area contributed by atoms with Crippen LogP contribution in [0.5, 0.6) is 0 Å². The summed E-state index contributed by atoms with van der Waals surface area (Å²) in [5.41, 5.74) is 0.217. The first-order chi connectivity index (χ1) is 14.1. The molecule has 3 heterocycles. The van der Waals surface area contributed by atoms with Gasteiger partial charge in [0.1, 0.15) is 6.07 Å². The lowest BCUT2D eigenvalue weighted by molar-refractivity contribution is -0.128. The zero-order chi connectivity index (χ0) is 20.2. The summed E-state index contributed by atoms with van der Waals surface area (Å²) in [5, 5.41) is 10.1. The van der Waals surface area contributed by atoms with Crippen molar-refractivity contribution in [3.8, 4) is 17.7 Å². The first kappa shape index (κ1) is 19.4. The maximum atomic E-state index is 12.5. The Morgan fingerprint density at radius 2 is 1.97 bits per heavy atom. The van der Waals surface area contributed by atoms with Crippen LogP contribution in [0.15, 0.2) is 56.4 Å². The second-order valence-corrected chi connectivity index (χ2v) is 7.86. The van der Waals surface area contributed by atoms with Gasteiger partial charge in [-0.3, -0.25) is 4.79 Å². The standard InChI is InChI=1S/C20H17ClN4O3S/c21-14-3-5-15(6-4-14)29-13-18(26)24-7-9-25(10-8-24)20-16(12-22)23-19(28-20)17-2-1-11-27-17/h1-6,11H,7-10,13H2. The topological polar surface area (TPSA) is 86.5 Å². The molecular weight excluding hydrogens is 412 g/mol. The van der Waals surface area contributed by atoms with Gasteiger partial charge < -0.3 is 18.6 Å². The van der Waals surface area contributed by atoms with Gasteiger partial charge in [-0.25, -0.2) is 0 Å². The minimum Gasteiger partial charge on any atom is -0.459 e. The molecule has 0 saturated carbocycles. The van der Waals surface area contributed by atoms with E-state index in [2.05, 4.69) is 11.1 Å². The number of hydrogen-bond donors (Lipinski definition) is 0. The van der Waals surface area contributed by atoms with E-state index in [1.165, 1.54) is 18.0 Å². The zero-order valence-electron chi connectivity index (χ0n) is 15.4. The lowest BCUT2D eigenvalue weighted by Gasteiger charge is -2.34. The highest BCUT2D eigenvalue weighted by molar-refractivity contribution is 8.00. The molecule has 0 radical (unpaired) electrons. The third-order valence-corrected chi connectivity index (χ3v) is 5.79. The minimum absolute atomic E-state index is 0.0824. The van der Waals surface area contributed by atoms with Crippen LogP contribution in [-0.4, -0.2) is 47.7 Å². The maximum Gasteiger partial charge on any atom is 0.266 e. The summed E-state index contributed by atoms with van der Waals surface area (Å²) < 4.78 is 11.1. The van der Waals surface area contributed by atoms with Gasteiger partial charge in [0.05, 0.1) is 12.0 Å². The number of aromatic nitrogens is 1. The maximum absolute atomic E-state index is 12.5. The van der Waals surface area contributed by atoms with Gasteiger partial charge >= 0.3 is 0 Å². The molecule has 29 heavy (non-hydrogen) atoms. The third kappa shape index (κ3) is 4.42. The van der Waals surface area contributed by atoms with Crippen LogP contribution in [0, 0.1) is 11.3 Å². The third-order valence-electron chi connectivity index (χ3n) is 4.54. The number of hydrogen-bond acceptors (Lipinski definition) is 7. The Bertz CT molecular complexity index is 1020. The second kappa shape index (κ2) is 8.64. The molecule has 9 heteroatoms. The number of piperazine rings is 1. The molecule has 1 aromatic carbocycles. The molecule has 0 bridgehead atoms. The molecule has 1 aliphatic rings. The van der Waals surface area contributed by atoms with Crippen molar-refractivity contribution in [2.24, 2.45) is 0 Å². The number of rotatable bonds is 5. The van der Waals surface area contributed by atoms with Crippen molar-refractivity contribution in [3.63, 3.8) is 0 Å². The van der Waals surface area contributed by atoms with Crippen LogP contribution >= 0.6 is 23.4 Å². The number of anilines is 1. The average Bonchev–Trinajstić information content (AvgIpc) is 3.43. The van der Waals surface area contributed by atoms with Crippen molar-refractivity contribution in [2.45, 2.75) is 4.90 Å². The van der Waals surface area contributed by atoms with E-state index >= 15 is 0 Å². The molecule has 2 aromatic heterocycles. The lowest BCUT2D eigenvalue weighted by atomic mass is 10.3. The first-order valence-corrected chi connectivity index (χ1v) is 10.4. The predicted octanol–water partition coefficient (Wildman–Crippen LogP) is 3.90. The van der Waals surface area contributed by atoms with Gasteiger partial charge in [0.2, 0.25) is 17.5 Å². The first-order valence-electron chi connectivity index (χ1n) is 9.00.